The molecule has 2 aliphatic rings. The molecule has 1 aliphatic heterocycles. The maximum atomic E-state index is 11.2. The Morgan fingerprint density at radius 3 is 3.05 bits per heavy atom. The van der Waals surface area contributed by atoms with Crippen LogP contribution in [0.25, 0.3) is 0 Å². The highest BCUT2D eigenvalue weighted by Gasteiger charge is 2.26. The van der Waals surface area contributed by atoms with Gasteiger partial charge in [0.2, 0.25) is 0 Å². The third-order valence-electron chi connectivity index (χ3n) is 4.14. The Morgan fingerprint density at radius 1 is 1.48 bits per heavy atom. The van der Waals surface area contributed by atoms with Gasteiger partial charge in [-0.15, -0.1) is 0 Å². The van der Waals surface area contributed by atoms with E-state index in [4.69, 9.17) is 16.3 Å². The van der Waals surface area contributed by atoms with Crippen LogP contribution in [0.3, 0.4) is 0 Å². The molecule has 1 unspecified atom stereocenters. The number of aliphatic carboxylic acids is 1. The lowest BCUT2D eigenvalue weighted by Crippen LogP contribution is -2.16. The van der Waals surface area contributed by atoms with Crippen molar-refractivity contribution < 1.29 is 14.6 Å². The minimum absolute atomic E-state index is 0.0364. The number of allylic oxidation sites excluding steroid dienone is 4. The van der Waals surface area contributed by atoms with E-state index in [0.29, 0.717) is 6.61 Å². The van der Waals surface area contributed by atoms with Crippen molar-refractivity contribution >= 4 is 17.6 Å². The highest BCUT2D eigenvalue weighted by molar-refractivity contribution is 6.31. The van der Waals surface area contributed by atoms with Crippen LogP contribution < -0.4 is 4.74 Å². The largest absolute Gasteiger partial charge is 0.493 e. The van der Waals surface area contributed by atoms with Crippen LogP contribution in [0.15, 0.2) is 41.5 Å². The van der Waals surface area contributed by atoms with Crippen molar-refractivity contribution in [1.82, 2.24) is 0 Å². The number of carboxylic acid groups (broad SMARTS) is 1. The van der Waals surface area contributed by atoms with Gasteiger partial charge in [-0.3, -0.25) is 4.79 Å². The molecule has 3 nitrogen and oxygen atoms in total. The molecular formula is C17H17ClO3. The summed E-state index contributed by atoms with van der Waals surface area (Å²) < 4.78 is 5.52. The van der Waals surface area contributed by atoms with Gasteiger partial charge in [0, 0.05) is 17.4 Å². The van der Waals surface area contributed by atoms with E-state index in [1.807, 2.05) is 30.4 Å². The van der Waals surface area contributed by atoms with Gasteiger partial charge in [-0.25, -0.2) is 0 Å². The summed E-state index contributed by atoms with van der Waals surface area (Å²) in [6, 6.07) is 6.05. The van der Waals surface area contributed by atoms with Crippen LogP contribution in [0.2, 0.25) is 0 Å². The van der Waals surface area contributed by atoms with Gasteiger partial charge in [-0.2, -0.15) is 0 Å². The molecule has 0 saturated heterocycles. The summed E-state index contributed by atoms with van der Waals surface area (Å²) >= 11 is 5.96. The topological polar surface area (TPSA) is 46.5 Å². The predicted molar refractivity (Wildman–Crippen MR) is 81.8 cm³/mol. The molecule has 0 spiro atoms. The number of hydrogen-bond acceptors (Lipinski definition) is 2. The number of carbonyl (C=O) groups is 1. The number of carboxylic acids is 1. The molecule has 1 aliphatic carbocycles. The van der Waals surface area contributed by atoms with E-state index in [2.05, 4.69) is 6.07 Å². The van der Waals surface area contributed by atoms with Crippen LogP contribution >= 0.6 is 11.6 Å². The predicted octanol–water partition coefficient (Wildman–Crippen LogP) is 3.88. The molecule has 110 valence electrons. The van der Waals surface area contributed by atoms with E-state index in [-0.39, 0.29) is 18.3 Å². The van der Waals surface area contributed by atoms with Gasteiger partial charge in [0.25, 0.3) is 0 Å². The fraction of sp³-hybridized carbons (Fsp3) is 0.353. The number of rotatable bonds is 4. The Hall–Kier alpha value is -1.74. The third kappa shape index (κ3) is 3.13. The van der Waals surface area contributed by atoms with Crippen LogP contribution in [0.1, 0.15) is 29.9 Å². The van der Waals surface area contributed by atoms with Crippen molar-refractivity contribution in [3.8, 4) is 5.75 Å². The maximum absolute atomic E-state index is 11.2. The second kappa shape index (κ2) is 5.94. The summed E-state index contributed by atoms with van der Waals surface area (Å²) in [5.74, 6) is 0.287. The van der Waals surface area contributed by atoms with Gasteiger partial charge in [0.15, 0.2) is 0 Å². The standard InChI is InChI=1S/C17H17ClO3/c18-14-4-1-11(2-5-14)15(10-17(19)20)12-3-6-16-13(9-12)7-8-21-16/h1,3-6,9,11,15H,2,7-8,10H2,(H,19,20)/t11?,15-/m0/s1. The Balaban J connectivity index is 1.89. The quantitative estimate of drug-likeness (QED) is 0.918. The molecule has 3 rings (SSSR count). The number of halogens is 1. The first-order chi connectivity index (χ1) is 10.1. The molecule has 1 heterocycles. The lowest BCUT2D eigenvalue weighted by atomic mass is 9.79. The summed E-state index contributed by atoms with van der Waals surface area (Å²) in [6.07, 6.45) is 7.65. The summed E-state index contributed by atoms with van der Waals surface area (Å²) in [5, 5.41) is 9.96. The molecule has 0 fully saturated rings. The average Bonchev–Trinajstić information content (AvgIpc) is 2.93. The lowest BCUT2D eigenvalue weighted by Gasteiger charge is -2.25. The Labute approximate surface area is 128 Å². The number of fused-ring (bicyclic) bond motifs is 1. The molecule has 0 saturated carbocycles. The van der Waals surface area contributed by atoms with Crippen LogP contribution in [-0.2, 0) is 11.2 Å². The molecule has 1 aromatic carbocycles. The minimum atomic E-state index is -0.772. The fourth-order valence-corrected chi connectivity index (χ4v) is 3.21. The van der Waals surface area contributed by atoms with Crippen LogP contribution in [-0.4, -0.2) is 17.7 Å². The summed E-state index contributed by atoms with van der Waals surface area (Å²) in [4.78, 5) is 11.2. The molecular weight excluding hydrogens is 288 g/mol. The lowest BCUT2D eigenvalue weighted by molar-refractivity contribution is -0.137. The number of benzene rings is 1. The molecule has 0 bridgehead atoms. The summed E-state index contributed by atoms with van der Waals surface area (Å²) in [7, 11) is 0. The van der Waals surface area contributed by atoms with E-state index < -0.39 is 5.97 Å². The van der Waals surface area contributed by atoms with E-state index in [0.717, 1.165) is 29.2 Å². The Bertz CT molecular complexity index is 618. The second-order valence-corrected chi connectivity index (χ2v) is 5.95. The Kier molecular flexibility index (Phi) is 4.02. The molecule has 0 amide bonds. The molecule has 2 atom stereocenters. The van der Waals surface area contributed by atoms with Crippen molar-refractivity contribution in [3.05, 3.63) is 52.6 Å². The monoisotopic (exact) mass is 304 g/mol. The van der Waals surface area contributed by atoms with E-state index in [1.165, 1.54) is 5.56 Å². The van der Waals surface area contributed by atoms with Gasteiger partial charge in [-0.1, -0.05) is 35.9 Å². The fourth-order valence-electron chi connectivity index (χ4n) is 3.05. The SMILES string of the molecule is O=C(O)C[C@H](c1ccc2c(c1)CCO2)C1C=CC(Cl)=CC1. The number of ether oxygens (including phenoxy) is 1. The zero-order chi connectivity index (χ0) is 14.8. The normalized spacial score (nSPS) is 21.4. The third-order valence-corrected chi connectivity index (χ3v) is 4.42. The van der Waals surface area contributed by atoms with E-state index >= 15 is 0 Å². The molecule has 1 N–H and O–H groups in total. The van der Waals surface area contributed by atoms with Crippen molar-refractivity contribution in [2.75, 3.05) is 6.61 Å². The molecule has 4 heteroatoms. The van der Waals surface area contributed by atoms with Gasteiger partial charge < -0.3 is 9.84 Å². The van der Waals surface area contributed by atoms with Crippen molar-refractivity contribution in [2.45, 2.75) is 25.2 Å². The highest BCUT2D eigenvalue weighted by Crippen LogP contribution is 2.37. The first kappa shape index (κ1) is 14.2. The van der Waals surface area contributed by atoms with Gasteiger partial charge in [0.05, 0.1) is 13.0 Å². The van der Waals surface area contributed by atoms with Gasteiger partial charge >= 0.3 is 5.97 Å². The minimum Gasteiger partial charge on any atom is -0.493 e. The van der Waals surface area contributed by atoms with Crippen molar-refractivity contribution in [2.24, 2.45) is 5.92 Å². The Morgan fingerprint density at radius 2 is 2.33 bits per heavy atom. The zero-order valence-electron chi connectivity index (χ0n) is 11.6. The van der Waals surface area contributed by atoms with E-state index in [9.17, 15) is 9.90 Å². The smallest absolute Gasteiger partial charge is 0.303 e. The van der Waals surface area contributed by atoms with Gasteiger partial charge in [0.1, 0.15) is 5.75 Å². The molecule has 0 radical (unpaired) electrons. The average molecular weight is 305 g/mol. The van der Waals surface area contributed by atoms with Crippen LogP contribution in [0.4, 0.5) is 0 Å². The summed E-state index contributed by atoms with van der Waals surface area (Å²) in [6.45, 7) is 0.712. The number of hydrogen-bond donors (Lipinski definition) is 1. The van der Waals surface area contributed by atoms with Gasteiger partial charge in [-0.05, 0) is 35.6 Å². The van der Waals surface area contributed by atoms with Crippen molar-refractivity contribution in [3.63, 3.8) is 0 Å². The van der Waals surface area contributed by atoms with Crippen LogP contribution in [0.5, 0.6) is 5.75 Å². The summed E-state index contributed by atoms with van der Waals surface area (Å²) in [5.41, 5.74) is 2.25. The first-order valence-electron chi connectivity index (χ1n) is 7.15. The molecule has 0 aromatic heterocycles. The van der Waals surface area contributed by atoms with Crippen LogP contribution in [0, 0.1) is 5.92 Å². The van der Waals surface area contributed by atoms with Crippen molar-refractivity contribution in [1.29, 1.82) is 0 Å². The molecule has 21 heavy (non-hydrogen) atoms. The highest BCUT2D eigenvalue weighted by atomic mass is 35.5. The van der Waals surface area contributed by atoms with E-state index in [1.54, 1.807) is 0 Å². The first-order valence-corrected chi connectivity index (χ1v) is 7.52. The zero-order valence-corrected chi connectivity index (χ0v) is 12.3. The maximum Gasteiger partial charge on any atom is 0.303 e. The molecule has 1 aromatic rings. The second-order valence-electron chi connectivity index (χ2n) is 5.52.